The second kappa shape index (κ2) is 6.37. The molecule has 1 N–H and O–H groups in total. The topological polar surface area (TPSA) is 33.1 Å². The minimum Gasteiger partial charge on any atom is -0.310 e. The van der Waals surface area contributed by atoms with Crippen molar-refractivity contribution >= 4 is 15.9 Å². The first-order valence-corrected chi connectivity index (χ1v) is 6.42. The van der Waals surface area contributed by atoms with Crippen molar-refractivity contribution in [3.8, 4) is 0 Å². The highest BCUT2D eigenvalue weighted by molar-refractivity contribution is 9.10. The second-order valence-electron chi connectivity index (χ2n) is 4.04. The Kier molecular flexibility index (Phi) is 5.44. The first-order valence-electron chi connectivity index (χ1n) is 5.63. The van der Waals surface area contributed by atoms with Gasteiger partial charge in [-0.1, -0.05) is 6.92 Å². The number of likely N-dealkylation sites (N-methyl/N-ethyl adjacent to an activating group) is 1. The van der Waals surface area contributed by atoms with Gasteiger partial charge in [-0.3, -0.25) is 4.68 Å². The van der Waals surface area contributed by atoms with Crippen LogP contribution in [0.5, 0.6) is 0 Å². The normalized spacial score (nSPS) is 11.4. The van der Waals surface area contributed by atoms with Gasteiger partial charge in [0, 0.05) is 26.7 Å². The Morgan fingerprint density at radius 2 is 2.19 bits per heavy atom. The molecule has 0 saturated carbocycles. The van der Waals surface area contributed by atoms with Gasteiger partial charge in [0.2, 0.25) is 0 Å². The zero-order valence-electron chi connectivity index (χ0n) is 10.5. The predicted molar refractivity (Wildman–Crippen MR) is 70.5 cm³/mol. The molecule has 0 aromatic carbocycles. The monoisotopic (exact) mass is 288 g/mol. The fourth-order valence-electron chi connectivity index (χ4n) is 1.51. The van der Waals surface area contributed by atoms with Crippen molar-refractivity contribution in [3.63, 3.8) is 0 Å². The van der Waals surface area contributed by atoms with Gasteiger partial charge in [-0.25, -0.2) is 0 Å². The highest BCUT2D eigenvalue weighted by atomic mass is 79.9. The molecule has 0 amide bonds. The van der Waals surface area contributed by atoms with Crippen molar-refractivity contribution in [1.82, 2.24) is 20.0 Å². The van der Waals surface area contributed by atoms with E-state index in [-0.39, 0.29) is 0 Å². The van der Waals surface area contributed by atoms with Gasteiger partial charge in [0.1, 0.15) is 0 Å². The molecule has 1 heterocycles. The molecular weight excluding hydrogens is 268 g/mol. The summed E-state index contributed by atoms with van der Waals surface area (Å²) in [6.45, 7) is 8.21. The van der Waals surface area contributed by atoms with Crippen LogP contribution in [0.25, 0.3) is 0 Å². The lowest BCUT2D eigenvalue weighted by Crippen LogP contribution is -2.29. The standard InChI is InChI=1S/C11H21BrN4/c1-5-15(3)7-6-13-8-10-11(12)9(2)14-16(10)4/h13H,5-8H2,1-4H3. The molecule has 1 rings (SSSR count). The van der Waals surface area contributed by atoms with Crippen LogP contribution in [0.15, 0.2) is 4.47 Å². The fraction of sp³-hybridized carbons (Fsp3) is 0.727. The largest absolute Gasteiger partial charge is 0.310 e. The number of nitrogens with zero attached hydrogens (tertiary/aromatic N) is 3. The van der Waals surface area contributed by atoms with Gasteiger partial charge in [0.05, 0.1) is 15.9 Å². The number of aromatic nitrogens is 2. The van der Waals surface area contributed by atoms with E-state index in [1.807, 2.05) is 18.7 Å². The summed E-state index contributed by atoms with van der Waals surface area (Å²) < 4.78 is 3.04. The minimum atomic E-state index is 0.857. The summed E-state index contributed by atoms with van der Waals surface area (Å²) >= 11 is 3.56. The molecule has 1 aromatic heterocycles. The summed E-state index contributed by atoms with van der Waals surface area (Å²) in [6, 6.07) is 0. The first kappa shape index (κ1) is 13.7. The molecule has 0 aliphatic carbocycles. The molecule has 0 spiro atoms. The van der Waals surface area contributed by atoms with Crippen LogP contribution in [0.2, 0.25) is 0 Å². The molecule has 4 nitrogen and oxygen atoms in total. The van der Waals surface area contributed by atoms with Crippen LogP contribution in [0, 0.1) is 6.92 Å². The van der Waals surface area contributed by atoms with Crippen LogP contribution in [-0.4, -0.2) is 41.4 Å². The molecule has 0 atom stereocenters. The zero-order chi connectivity index (χ0) is 12.1. The van der Waals surface area contributed by atoms with E-state index < -0.39 is 0 Å². The molecule has 0 saturated heterocycles. The van der Waals surface area contributed by atoms with Crippen molar-refractivity contribution in [2.45, 2.75) is 20.4 Å². The smallest absolute Gasteiger partial charge is 0.0739 e. The lowest BCUT2D eigenvalue weighted by molar-refractivity contribution is 0.348. The maximum Gasteiger partial charge on any atom is 0.0739 e. The van der Waals surface area contributed by atoms with Gasteiger partial charge in [-0.05, 0) is 36.4 Å². The number of halogens is 1. The SMILES string of the molecule is CCN(C)CCNCc1c(Br)c(C)nn1C. The summed E-state index contributed by atoms with van der Waals surface area (Å²) in [5.41, 5.74) is 2.25. The Morgan fingerprint density at radius 1 is 1.50 bits per heavy atom. The van der Waals surface area contributed by atoms with E-state index in [9.17, 15) is 0 Å². The highest BCUT2D eigenvalue weighted by Crippen LogP contribution is 2.19. The zero-order valence-corrected chi connectivity index (χ0v) is 12.1. The average molecular weight is 289 g/mol. The molecular formula is C11H21BrN4. The second-order valence-corrected chi connectivity index (χ2v) is 4.84. The molecule has 0 unspecified atom stereocenters. The number of hydrogen-bond donors (Lipinski definition) is 1. The molecule has 0 fully saturated rings. The molecule has 0 radical (unpaired) electrons. The maximum absolute atomic E-state index is 4.36. The number of aryl methyl sites for hydroxylation is 2. The third-order valence-corrected chi connectivity index (χ3v) is 3.80. The van der Waals surface area contributed by atoms with Crippen molar-refractivity contribution < 1.29 is 0 Å². The van der Waals surface area contributed by atoms with Crippen LogP contribution in [0.3, 0.4) is 0 Å². The molecule has 0 aliphatic rings. The van der Waals surface area contributed by atoms with E-state index in [0.29, 0.717) is 0 Å². The Labute approximate surface area is 106 Å². The molecule has 16 heavy (non-hydrogen) atoms. The predicted octanol–water partition coefficient (Wildman–Crippen LogP) is 1.53. The fourth-order valence-corrected chi connectivity index (χ4v) is 1.98. The Balaban J connectivity index is 2.37. The number of nitrogens with one attached hydrogen (secondary N) is 1. The van der Waals surface area contributed by atoms with Gasteiger partial charge < -0.3 is 10.2 Å². The lowest BCUT2D eigenvalue weighted by atomic mass is 10.3. The van der Waals surface area contributed by atoms with E-state index >= 15 is 0 Å². The summed E-state index contributed by atoms with van der Waals surface area (Å²) in [5.74, 6) is 0. The molecule has 92 valence electrons. The number of hydrogen-bond acceptors (Lipinski definition) is 3. The first-order chi connectivity index (χ1) is 7.56. The molecule has 5 heteroatoms. The van der Waals surface area contributed by atoms with Crippen LogP contribution in [-0.2, 0) is 13.6 Å². The molecule has 1 aromatic rings. The third-order valence-electron chi connectivity index (χ3n) is 2.76. The molecule has 0 aliphatic heterocycles. The van der Waals surface area contributed by atoms with Crippen LogP contribution < -0.4 is 5.32 Å². The van der Waals surface area contributed by atoms with Gasteiger partial charge in [-0.2, -0.15) is 5.10 Å². The quantitative estimate of drug-likeness (QED) is 0.806. The van der Waals surface area contributed by atoms with Gasteiger partial charge in [0.25, 0.3) is 0 Å². The summed E-state index contributed by atoms with van der Waals surface area (Å²) in [4.78, 5) is 2.29. The Hall–Kier alpha value is -0.390. The Bertz CT molecular complexity index is 335. The van der Waals surface area contributed by atoms with Crippen LogP contribution in [0.4, 0.5) is 0 Å². The maximum atomic E-state index is 4.36. The van der Waals surface area contributed by atoms with E-state index in [4.69, 9.17) is 0 Å². The van der Waals surface area contributed by atoms with Crippen molar-refractivity contribution in [2.75, 3.05) is 26.7 Å². The van der Waals surface area contributed by atoms with Crippen LogP contribution in [0.1, 0.15) is 18.3 Å². The average Bonchev–Trinajstić information content (AvgIpc) is 2.49. The van der Waals surface area contributed by atoms with E-state index in [1.54, 1.807) is 0 Å². The van der Waals surface area contributed by atoms with Crippen molar-refractivity contribution in [3.05, 3.63) is 15.9 Å². The van der Waals surface area contributed by atoms with E-state index in [2.05, 4.69) is 45.2 Å². The van der Waals surface area contributed by atoms with Crippen molar-refractivity contribution in [2.24, 2.45) is 7.05 Å². The summed E-state index contributed by atoms with van der Waals surface area (Å²) in [6.07, 6.45) is 0. The van der Waals surface area contributed by atoms with Crippen molar-refractivity contribution in [1.29, 1.82) is 0 Å². The Morgan fingerprint density at radius 3 is 2.69 bits per heavy atom. The van der Waals surface area contributed by atoms with E-state index in [0.717, 1.165) is 36.3 Å². The highest BCUT2D eigenvalue weighted by Gasteiger charge is 2.09. The number of rotatable bonds is 6. The lowest BCUT2D eigenvalue weighted by Gasteiger charge is -2.14. The van der Waals surface area contributed by atoms with E-state index in [1.165, 1.54) is 5.69 Å². The van der Waals surface area contributed by atoms with Crippen LogP contribution >= 0.6 is 15.9 Å². The summed E-state index contributed by atoms with van der Waals surface area (Å²) in [7, 11) is 4.11. The molecule has 0 bridgehead atoms. The third kappa shape index (κ3) is 3.57. The summed E-state index contributed by atoms with van der Waals surface area (Å²) in [5, 5.41) is 7.79. The minimum absolute atomic E-state index is 0.857. The van der Waals surface area contributed by atoms with Gasteiger partial charge in [0.15, 0.2) is 0 Å². The van der Waals surface area contributed by atoms with Gasteiger partial charge >= 0.3 is 0 Å². The van der Waals surface area contributed by atoms with Gasteiger partial charge in [-0.15, -0.1) is 0 Å².